The molecule has 1 heterocycles. The van der Waals surface area contributed by atoms with Gasteiger partial charge in [0.2, 0.25) is 11.8 Å². The van der Waals surface area contributed by atoms with Crippen LogP contribution in [0.15, 0.2) is 42.6 Å². The molecule has 1 amide bonds. The first-order valence-corrected chi connectivity index (χ1v) is 6.77. The van der Waals surface area contributed by atoms with Crippen LogP contribution in [0.25, 0.3) is 0 Å². The molecule has 0 bridgehead atoms. The molecule has 1 aromatic carbocycles. The van der Waals surface area contributed by atoms with Gasteiger partial charge in [-0.3, -0.25) is 4.79 Å². The van der Waals surface area contributed by atoms with E-state index < -0.39 is 0 Å². The first-order valence-electron chi connectivity index (χ1n) is 6.77. The van der Waals surface area contributed by atoms with Crippen LogP contribution >= 0.6 is 0 Å². The van der Waals surface area contributed by atoms with Crippen molar-refractivity contribution in [1.29, 1.82) is 0 Å². The fourth-order valence-corrected chi connectivity index (χ4v) is 1.87. The van der Waals surface area contributed by atoms with Crippen LogP contribution in [0.4, 0.5) is 4.39 Å². The second kappa shape index (κ2) is 7.38. The van der Waals surface area contributed by atoms with E-state index in [2.05, 4.69) is 10.3 Å². The molecule has 0 aliphatic carbocycles. The lowest BCUT2D eigenvalue weighted by molar-refractivity contribution is -0.120. The minimum atomic E-state index is -0.309. The summed E-state index contributed by atoms with van der Waals surface area (Å²) in [4.78, 5) is 16.0. The van der Waals surface area contributed by atoms with Crippen LogP contribution in [0.3, 0.4) is 0 Å². The van der Waals surface area contributed by atoms with Crippen molar-refractivity contribution < 1.29 is 13.9 Å². The Kier molecular flexibility index (Phi) is 5.26. The monoisotopic (exact) mass is 288 g/mol. The molecular formula is C16H17FN2O2. The summed E-state index contributed by atoms with van der Waals surface area (Å²) in [6.07, 6.45) is 1.86. The number of benzene rings is 1. The number of pyridine rings is 1. The van der Waals surface area contributed by atoms with Crippen LogP contribution in [0, 0.1) is 5.82 Å². The van der Waals surface area contributed by atoms with Crippen molar-refractivity contribution in [1.82, 2.24) is 10.3 Å². The predicted molar refractivity (Wildman–Crippen MR) is 77.4 cm³/mol. The number of carbonyl (C=O) groups excluding carboxylic acids is 1. The van der Waals surface area contributed by atoms with Crippen LogP contribution < -0.4 is 10.1 Å². The van der Waals surface area contributed by atoms with Crippen molar-refractivity contribution in [2.24, 2.45) is 0 Å². The molecule has 0 saturated heterocycles. The molecule has 0 spiro atoms. The van der Waals surface area contributed by atoms with Crippen LogP contribution in [0.5, 0.6) is 5.88 Å². The number of hydrogen-bond acceptors (Lipinski definition) is 3. The van der Waals surface area contributed by atoms with Gasteiger partial charge in [-0.05, 0) is 30.7 Å². The van der Waals surface area contributed by atoms with Crippen molar-refractivity contribution in [2.45, 2.75) is 19.9 Å². The van der Waals surface area contributed by atoms with Gasteiger partial charge in [-0.1, -0.05) is 18.2 Å². The van der Waals surface area contributed by atoms with Crippen molar-refractivity contribution in [2.75, 3.05) is 6.61 Å². The largest absolute Gasteiger partial charge is 0.478 e. The van der Waals surface area contributed by atoms with Crippen molar-refractivity contribution >= 4 is 5.91 Å². The minimum absolute atomic E-state index is 0.132. The number of nitrogens with one attached hydrogen (secondary N) is 1. The Hall–Kier alpha value is -2.43. The number of nitrogens with zero attached hydrogens (tertiary/aromatic N) is 1. The second-order valence-electron chi connectivity index (χ2n) is 4.48. The van der Waals surface area contributed by atoms with Gasteiger partial charge in [0.1, 0.15) is 5.82 Å². The third-order valence-electron chi connectivity index (χ3n) is 2.88. The Labute approximate surface area is 123 Å². The fourth-order valence-electron chi connectivity index (χ4n) is 1.87. The number of ether oxygens (including phenoxy) is 1. The molecular weight excluding hydrogens is 271 g/mol. The van der Waals surface area contributed by atoms with E-state index in [0.717, 1.165) is 11.1 Å². The van der Waals surface area contributed by atoms with E-state index in [1.807, 2.05) is 13.0 Å². The maximum Gasteiger partial charge on any atom is 0.224 e. The number of amides is 1. The van der Waals surface area contributed by atoms with Crippen LogP contribution in [0.2, 0.25) is 0 Å². The molecule has 0 radical (unpaired) electrons. The summed E-state index contributed by atoms with van der Waals surface area (Å²) < 4.78 is 18.2. The second-order valence-corrected chi connectivity index (χ2v) is 4.48. The van der Waals surface area contributed by atoms with Crippen molar-refractivity contribution in [3.8, 4) is 5.88 Å². The van der Waals surface area contributed by atoms with Gasteiger partial charge < -0.3 is 10.1 Å². The number of aromatic nitrogens is 1. The Morgan fingerprint density at radius 1 is 1.29 bits per heavy atom. The van der Waals surface area contributed by atoms with Crippen LogP contribution in [-0.4, -0.2) is 17.5 Å². The molecule has 0 unspecified atom stereocenters. The number of hydrogen-bond donors (Lipinski definition) is 1. The maximum absolute atomic E-state index is 12.8. The third-order valence-corrected chi connectivity index (χ3v) is 2.88. The first-order chi connectivity index (χ1) is 10.2. The average molecular weight is 288 g/mol. The maximum atomic E-state index is 12.8. The molecule has 0 saturated carbocycles. The lowest BCUT2D eigenvalue weighted by atomic mass is 10.1. The number of carbonyl (C=O) groups is 1. The van der Waals surface area contributed by atoms with Gasteiger partial charge in [-0.25, -0.2) is 9.37 Å². The lowest BCUT2D eigenvalue weighted by Crippen LogP contribution is -2.25. The van der Waals surface area contributed by atoms with E-state index in [1.165, 1.54) is 12.1 Å². The zero-order chi connectivity index (χ0) is 15.1. The Morgan fingerprint density at radius 3 is 2.76 bits per heavy atom. The molecule has 0 fully saturated rings. The molecule has 0 aliphatic heterocycles. The summed E-state index contributed by atoms with van der Waals surface area (Å²) in [5, 5.41) is 2.81. The van der Waals surface area contributed by atoms with Crippen LogP contribution in [0.1, 0.15) is 18.1 Å². The van der Waals surface area contributed by atoms with E-state index in [0.29, 0.717) is 19.0 Å². The highest BCUT2D eigenvalue weighted by Gasteiger charge is 2.07. The summed E-state index contributed by atoms with van der Waals surface area (Å²) in [7, 11) is 0. The predicted octanol–water partition coefficient (Wildman–Crippen LogP) is 2.48. The quantitative estimate of drug-likeness (QED) is 0.888. The molecule has 4 nitrogen and oxygen atoms in total. The van der Waals surface area contributed by atoms with E-state index in [9.17, 15) is 9.18 Å². The highest BCUT2D eigenvalue weighted by molar-refractivity contribution is 5.78. The Morgan fingerprint density at radius 2 is 2.05 bits per heavy atom. The molecule has 0 atom stereocenters. The molecule has 21 heavy (non-hydrogen) atoms. The topological polar surface area (TPSA) is 51.2 Å². The fraction of sp³-hybridized carbons (Fsp3) is 0.250. The zero-order valence-electron chi connectivity index (χ0n) is 11.8. The van der Waals surface area contributed by atoms with Gasteiger partial charge in [0.15, 0.2) is 0 Å². The van der Waals surface area contributed by atoms with E-state index >= 15 is 0 Å². The highest BCUT2D eigenvalue weighted by Crippen LogP contribution is 2.13. The van der Waals surface area contributed by atoms with E-state index in [4.69, 9.17) is 4.74 Å². The van der Waals surface area contributed by atoms with Crippen LogP contribution in [-0.2, 0) is 17.8 Å². The Balaban J connectivity index is 1.90. The lowest BCUT2D eigenvalue weighted by Gasteiger charge is -2.09. The SMILES string of the molecule is CCOc1ncccc1CNC(=O)Cc1ccc(F)cc1. The van der Waals surface area contributed by atoms with Gasteiger partial charge in [-0.2, -0.15) is 0 Å². The van der Waals surface area contributed by atoms with Gasteiger partial charge >= 0.3 is 0 Å². The third kappa shape index (κ3) is 4.56. The summed E-state index contributed by atoms with van der Waals surface area (Å²) in [6, 6.07) is 9.54. The molecule has 2 aromatic rings. The first kappa shape index (κ1) is 15.0. The normalized spacial score (nSPS) is 10.2. The van der Waals surface area contributed by atoms with E-state index in [-0.39, 0.29) is 18.1 Å². The highest BCUT2D eigenvalue weighted by atomic mass is 19.1. The average Bonchev–Trinajstić information content (AvgIpc) is 2.49. The molecule has 2 rings (SSSR count). The van der Waals surface area contributed by atoms with E-state index in [1.54, 1.807) is 24.4 Å². The van der Waals surface area contributed by atoms with Gasteiger partial charge in [0, 0.05) is 18.3 Å². The summed E-state index contributed by atoms with van der Waals surface area (Å²) >= 11 is 0. The zero-order valence-corrected chi connectivity index (χ0v) is 11.8. The van der Waals surface area contributed by atoms with Gasteiger partial charge in [0.05, 0.1) is 13.0 Å². The van der Waals surface area contributed by atoms with Crippen molar-refractivity contribution in [3.05, 3.63) is 59.5 Å². The van der Waals surface area contributed by atoms with Gasteiger partial charge in [0.25, 0.3) is 0 Å². The van der Waals surface area contributed by atoms with Crippen molar-refractivity contribution in [3.63, 3.8) is 0 Å². The molecule has 5 heteroatoms. The molecule has 110 valence electrons. The standard InChI is InChI=1S/C16H17FN2O2/c1-2-21-16-13(4-3-9-18-16)11-19-15(20)10-12-5-7-14(17)8-6-12/h3-9H,2,10-11H2,1H3,(H,19,20). The number of halogens is 1. The number of rotatable bonds is 6. The molecule has 0 aliphatic rings. The van der Waals surface area contributed by atoms with Gasteiger partial charge in [-0.15, -0.1) is 0 Å². The summed E-state index contributed by atoms with van der Waals surface area (Å²) in [6.45, 7) is 2.75. The minimum Gasteiger partial charge on any atom is -0.478 e. The smallest absolute Gasteiger partial charge is 0.224 e. The Bertz CT molecular complexity index is 599. The molecule has 1 aromatic heterocycles. The molecule has 1 N–H and O–H groups in total. The summed E-state index contributed by atoms with van der Waals surface area (Å²) in [5.74, 6) is 0.0888. The summed E-state index contributed by atoms with van der Waals surface area (Å²) in [5.41, 5.74) is 1.59.